The second kappa shape index (κ2) is 9.69. The lowest BCUT2D eigenvalue weighted by atomic mass is 9.83. The highest BCUT2D eigenvalue weighted by atomic mass is 35.5. The Morgan fingerprint density at radius 2 is 1.73 bits per heavy atom. The first-order valence-electron chi connectivity index (χ1n) is 11.0. The number of methoxy groups -OCH3 is 1. The number of carbonyl (C=O) groups is 4. The summed E-state index contributed by atoms with van der Waals surface area (Å²) in [5.74, 6) is -2.97. The highest BCUT2D eigenvalue weighted by molar-refractivity contribution is 8.00. The van der Waals surface area contributed by atoms with Crippen molar-refractivity contribution in [3.05, 3.63) is 73.7 Å². The second-order valence-electron chi connectivity index (χ2n) is 8.34. The van der Waals surface area contributed by atoms with Crippen LogP contribution in [-0.2, 0) is 20.9 Å². The van der Waals surface area contributed by atoms with Gasteiger partial charge in [-0.15, -0.1) is 0 Å². The van der Waals surface area contributed by atoms with Crippen LogP contribution < -0.4 is 20.7 Å². The average molecular weight is 559 g/mol. The number of anilines is 1. The molecule has 0 bridgehead atoms. The van der Waals surface area contributed by atoms with Crippen molar-refractivity contribution in [3.8, 4) is 5.75 Å². The van der Waals surface area contributed by atoms with Crippen LogP contribution >= 0.6 is 34.7 Å². The molecule has 2 aliphatic heterocycles. The maximum absolute atomic E-state index is 13.2. The number of halogens is 1. The Labute approximate surface area is 223 Å². The van der Waals surface area contributed by atoms with Crippen LogP contribution in [0.25, 0.3) is 0 Å². The highest BCUT2D eigenvalue weighted by Crippen LogP contribution is 2.53. The zero-order valence-corrected chi connectivity index (χ0v) is 21.6. The van der Waals surface area contributed by atoms with Gasteiger partial charge in [-0.05, 0) is 42.0 Å². The minimum Gasteiger partial charge on any atom is -0.497 e. The first-order valence-corrected chi connectivity index (χ1v) is 13.0. The van der Waals surface area contributed by atoms with Gasteiger partial charge in [0, 0.05) is 21.5 Å². The lowest BCUT2D eigenvalue weighted by Gasteiger charge is -2.30. The van der Waals surface area contributed by atoms with E-state index in [2.05, 4.69) is 5.32 Å². The fraction of sp³-hybridized carbons (Fsp3) is 0.208. The Hall–Kier alpha value is -3.61. The number of aromatic nitrogens is 1. The fourth-order valence-electron chi connectivity index (χ4n) is 4.52. The van der Waals surface area contributed by atoms with Gasteiger partial charge in [-0.25, -0.2) is 4.79 Å². The van der Waals surface area contributed by atoms with Crippen molar-refractivity contribution in [2.75, 3.05) is 12.4 Å². The third-order valence-electron chi connectivity index (χ3n) is 6.17. The zero-order chi connectivity index (χ0) is 26.4. The number of benzene rings is 2. The van der Waals surface area contributed by atoms with Crippen LogP contribution in [0.15, 0.2) is 58.4 Å². The number of amides is 5. The third-order valence-corrected chi connectivity index (χ3v) is 9.03. The summed E-state index contributed by atoms with van der Waals surface area (Å²) in [6, 6.07) is 12.3. The van der Waals surface area contributed by atoms with E-state index in [4.69, 9.17) is 22.1 Å². The molecule has 1 fully saturated rings. The van der Waals surface area contributed by atoms with Crippen molar-refractivity contribution in [1.82, 2.24) is 9.47 Å². The number of thioether (sulfide) groups is 1. The molecule has 0 aliphatic carbocycles. The standard InChI is InChI=1S/C24H19ClN4O6S2/c1-35-14-8-2-11(3-9-14)16-17-18(21(32)29(20(17)31)23(26)33)36-22-19(16)37-24(34)28(22)10-15(30)27-13-6-4-12(25)5-7-13/h2-9,16-18H,10H2,1H3,(H2,26,33)(H,27,30)/t16-,17?,18?/m0/s1. The SMILES string of the molecule is COc1ccc([C@@H]2c3sc(=O)n(CC(=O)Nc4ccc(Cl)cc4)c3SC3C(=O)N(C(N)=O)C(=O)C32)cc1. The van der Waals surface area contributed by atoms with E-state index >= 15 is 0 Å². The van der Waals surface area contributed by atoms with Gasteiger partial charge in [0.15, 0.2) is 0 Å². The Kier molecular flexibility index (Phi) is 6.56. The molecule has 0 radical (unpaired) electrons. The van der Waals surface area contributed by atoms with Crippen LogP contribution in [0.2, 0.25) is 5.02 Å². The molecule has 10 nitrogen and oxygen atoms in total. The first-order chi connectivity index (χ1) is 17.7. The molecule has 2 aliphatic rings. The molecule has 1 saturated heterocycles. The third kappa shape index (κ3) is 4.41. The molecule has 0 spiro atoms. The number of thiazole rings is 1. The second-order valence-corrected chi connectivity index (χ2v) is 10.9. The van der Waals surface area contributed by atoms with E-state index in [9.17, 15) is 24.0 Å². The number of rotatable bonds is 5. The van der Waals surface area contributed by atoms with Gasteiger partial charge in [-0.2, -0.15) is 4.90 Å². The van der Waals surface area contributed by atoms with Crippen molar-refractivity contribution in [2.24, 2.45) is 11.7 Å². The van der Waals surface area contributed by atoms with Crippen LogP contribution in [0.4, 0.5) is 10.5 Å². The van der Waals surface area contributed by atoms with Gasteiger partial charge < -0.3 is 15.8 Å². The van der Waals surface area contributed by atoms with Gasteiger partial charge in [-0.1, -0.05) is 46.8 Å². The van der Waals surface area contributed by atoms with Gasteiger partial charge in [0.25, 0.3) is 5.91 Å². The monoisotopic (exact) mass is 558 g/mol. The lowest BCUT2D eigenvalue weighted by molar-refractivity contribution is -0.135. The van der Waals surface area contributed by atoms with E-state index in [-0.39, 0.29) is 6.54 Å². The molecular formula is C24H19ClN4O6S2. The highest BCUT2D eigenvalue weighted by Gasteiger charge is 2.57. The molecule has 13 heteroatoms. The summed E-state index contributed by atoms with van der Waals surface area (Å²) in [7, 11) is 1.52. The molecule has 3 aromatic rings. The smallest absolute Gasteiger partial charge is 0.328 e. The Morgan fingerprint density at radius 3 is 2.35 bits per heavy atom. The summed E-state index contributed by atoms with van der Waals surface area (Å²) >= 11 is 7.79. The summed E-state index contributed by atoms with van der Waals surface area (Å²) in [6.45, 7) is -0.311. The van der Waals surface area contributed by atoms with E-state index < -0.39 is 45.7 Å². The number of likely N-dealkylation sites (tertiary alicyclic amines) is 1. The molecule has 1 aromatic heterocycles. The van der Waals surface area contributed by atoms with Crippen LogP contribution in [0.5, 0.6) is 5.75 Å². The molecule has 0 saturated carbocycles. The maximum atomic E-state index is 13.2. The Bertz CT molecular complexity index is 1480. The lowest BCUT2D eigenvalue weighted by Crippen LogP contribution is -2.41. The van der Waals surface area contributed by atoms with Crippen molar-refractivity contribution in [2.45, 2.75) is 22.7 Å². The molecule has 5 amide bonds. The van der Waals surface area contributed by atoms with Gasteiger partial charge in [-0.3, -0.25) is 23.7 Å². The van der Waals surface area contributed by atoms with Crippen LogP contribution in [0.3, 0.4) is 0 Å². The molecule has 3 heterocycles. The maximum Gasteiger partial charge on any atom is 0.328 e. The quantitative estimate of drug-likeness (QED) is 0.459. The molecular weight excluding hydrogens is 540 g/mol. The molecule has 5 rings (SSSR count). The van der Waals surface area contributed by atoms with Gasteiger partial charge in [0.2, 0.25) is 11.8 Å². The number of carbonyl (C=O) groups excluding carboxylic acids is 4. The number of nitrogens with two attached hydrogens (primary N) is 1. The number of imide groups is 3. The van der Waals surface area contributed by atoms with E-state index in [1.54, 1.807) is 48.5 Å². The summed E-state index contributed by atoms with van der Waals surface area (Å²) in [6.07, 6.45) is 0. The molecule has 2 unspecified atom stereocenters. The van der Waals surface area contributed by atoms with Gasteiger partial charge in [0.05, 0.1) is 18.1 Å². The number of hydrogen-bond donors (Lipinski definition) is 2. The number of hydrogen-bond acceptors (Lipinski definition) is 8. The van der Waals surface area contributed by atoms with Crippen molar-refractivity contribution in [1.29, 1.82) is 0 Å². The van der Waals surface area contributed by atoms with Crippen LogP contribution in [0, 0.1) is 5.92 Å². The molecule has 3 N–H and O–H groups in total. The van der Waals surface area contributed by atoms with Crippen molar-refractivity contribution < 1.29 is 23.9 Å². The van der Waals surface area contributed by atoms with Gasteiger partial charge in [0.1, 0.15) is 17.5 Å². The molecule has 2 aromatic carbocycles. The van der Waals surface area contributed by atoms with Crippen molar-refractivity contribution >= 4 is 64.1 Å². The zero-order valence-electron chi connectivity index (χ0n) is 19.2. The largest absolute Gasteiger partial charge is 0.497 e. The van der Waals surface area contributed by atoms with Crippen molar-refractivity contribution in [3.63, 3.8) is 0 Å². The normalized spacial score (nSPS) is 20.4. The first kappa shape index (κ1) is 25.1. The van der Waals surface area contributed by atoms with E-state index in [0.29, 0.717) is 36.8 Å². The Balaban J connectivity index is 1.55. The minimum atomic E-state index is -1.15. The molecule has 37 heavy (non-hydrogen) atoms. The average Bonchev–Trinajstić information content (AvgIpc) is 3.31. The number of nitrogens with one attached hydrogen (secondary N) is 1. The van der Waals surface area contributed by atoms with E-state index in [0.717, 1.165) is 23.1 Å². The topological polar surface area (TPSA) is 141 Å². The molecule has 190 valence electrons. The van der Waals surface area contributed by atoms with Crippen LogP contribution in [-0.4, -0.2) is 45.6 Å². The molecule has 3 atom stereocenters. The van der Waals surface area contributed by atoms with E-state index in [1.165, 1.54) is 11.7 Å². The number of ether oxygens (including phenoxy) is 1. The van der Waals surface area contributed by atoms with Gasteiger partial charge >= 0.3 is 10.9 Å². The van der Waals surface area contributed by atoms with Crippen LogP contribution in [0.1, 0.15) is 16.4 Å². The summed E-state index contributed by atoms with van der Waals surface area (Å²) in [4.78, 5) is 64.7. The Morgan fingerprint density at radius 1 is 1.05 bits per heavy atom. The predicted octanol–water partition coefficient (Wildman–Crippen LogP) is 2.88. The summed E-state index contributed by atoms with van der Waals surface area (Å²) in [5.41, 5.74) is 6.50. The predicted molar refractivity (Wildman–Crippen MR) is 138 cm³/mol. The number of primary amides is 1. The number of nitrogens with zero attached hydrogens (tertiary/aromatic N) is 2. The van der Waals surface area contributed by atoms with E-state index in [1.807, 2.05) is 0 Å². The summed E-state index contributed by atoms with van der Waals surface area (Å²) in [5, 5.41) is 2.64. The number of urea groups is 1. The number of fused-ring (bicyclic) bond motifs is 2. The summed E-state index contributed by atoms with van der Waals surface area (Å²) < 4.78 is 6.51. The fourth-order valence-corrected chi connectivity index (χ4v) is 7.42. The minimum absolute atomic E-state index is 0.311.